The predicted octanol–water partition coefficient (Wildman–Crippen LogP) is 2.71. The van der Waals surface area contributed by atoms with Crippen molar-refractivity contribution in [3.8, 4) is 5.75 Å². The Balaban J connectivity index is 1.24. The Hall–Kier alpha value is -2.89. The van der Waals surface area contributed by atoms with Crippen LogP contribution in [0.3, 0.4) is 0 Å². The monoisotopic (exact) mass is 460 g/mol. The number of amides is 2. The maximum Gasteiger partial charge on any atom is 0.321 e. The first-order valence-electron chi connectivity index (χ1n) is 11.9. The summed E-state index contributed by atoms with van der Waals surface area (Å²) in [6, 6.07) is 4.70. The molecule has 6 rings (SSSR count). The zero-order valence-electron chi connectivity index (χ0n) is 20.0. The number of oxazole rings is 1. The van der Waals surface area contributed by atoms with Gasteiger partial charge in [-0.05, 0) is 18.6 Å². The molecule has 1 aromatic carbocycles. The molecule has 0 spiro atoms. The number of nitrogens with zero attached hydrogens (tertiary/aromatic N) is 3. The van der Waals surface area contributed by atoms with E-state index in [2.05, 4.69) is 25.5 Å². The minimum Gasteiger partial charge on any atom is -0.497 e. The number of methoxy groups -OCH3 is 1. The highest BCUT2D eigenvalue weighted by Gasteiger charge is 2.43. The molecule has 5 heterocycles. The number of hydrogen-bond acceptors (Lipinski definition) is 9. The van der Waals surface area contributed by atoms with Gasteiger partial charge in [0.15, 0.2) is 10.7 Å². The molecule has 10 nitrogen and oxygen atoms in total. The number of carbonyl (C=O) groups excluding carboxylic acids is 1. The molecule has 0 unspecified atom stereocenters. The van der Waals surface area contributed by atoms with Crippen molar-refractivity contribution < 1.29 is 27.5 Å². The lowest BCUT2D eigenvalue weighted by atomic mass is 9.97. The highest BCUT2D eigenvalue weighted by atomic mass is 32.1. The third-order valence-electron chi connectivity index (χ3n) is 5.95. The van der Waals surface area contributed by atoms with Crippen molar-refractivity contribution in [2.24, 2.45) is 0 Å². The minimum absolute atomic E-state index is 0.0116. The van der Waals surface area contributed by atoms with E-state index in [1.165, 1.54) is 11.3 Å². The molecule has 3 atom stereocenters. The number of ether oxygens (including phenoxy) is 3. The van der Waals surface area contributed by atoms with E-state index in [0.717, 1.165) is 17.0 Å². The van der Waals surface area contributed by atoms with Gasteiger partial charge in [0.25, 0.3) is 6.01 Å². The number of hydrogen-bond donors (Lipinski definition) is 2. The summed E-state index contributed by atoms with van der Waals surface area (Å²) < 4.78 is 44.1. The van der Waals surface area contributed by atoms with Crippen LogP contribution in [-0.4, -0.2) is 61.5 Å². The number of thiazole rings is 1. The lowest BCUT2D eigenvalue weighted by Crippen LogP contribution is -2.51. The van der Waals surface area contributed by atoms with Crippen molar-refractivity contribution in [3.05, 3.63) is 28.8 Å². The molecule has 3 aromatic rings. The number of benzene rings is 1. The summed E-state index contributed by atoms with van der Waals surface area (Å²) in [5.41, 5.74) is 1.97. The smallest absolute Gasteiger partial charge is 0.321 e. The number of carbonyl (C=O) groups is 1. The SMILES string of the molecule is [2H]C([2H])([2H])Oc1ccc2oc(N3[C@@H]4COC[C@H]3c3sc(NC(=O)N[C@@H]5CCOC5)nc3C4)nc2c1. The molecular formula is C21H23N5O5S. The Bertz CT molecular complexity index is 1260. The fraction of sp³-hybridized carbons (Fsp3) is 0.476. The van der Waals surface area contributed by atoms with Gasteiger partial charge in [0.05, 0.1) is 59.7 Å². The Kier molecular flexibility index (Phi) is 4.13. The first-order valence-corrected chi connectivity index (χ1v) is 11.2. The summed E-state index contributed by atoms with van der Waals surface area (Å²) in [5.74, 6) is 0.197. The number of rotatable bonds is 4. The third-order valence-corrected chi connectivity index (χ3v) is 7.06. The third kappa shape index (κ3) is 3.46. The average Bonchev–Trinajstić information content (AvgIpc) is 3.51. The fourth-order valence-corrected chi connectivity index (χ4v) is 5.53. The molecule has 32 heavy (non-hydrogen) atoms. The molecule has 0 aliphatic carbocycles. The van der Waals surface area contributed by atoms with Crippen LogP contribution in [0.15, 0.2) is 22.6 Å². The lowest BCUT2D eigenvalue weighted by Gasteiger charge is -2.43. The van der Waals surface area contributed by atoms with E-state index >= 15 is 0 Å². The number of anilines is 2. The molecule has 3 aliphatic heterocycles. The second kappa shape index (κ2) is 7.91. The van der Waals surface area contributed by atoms with Gasteiger partial charge < -0.3 is 28.8 Å². The van der Waals surface area contributed by atoms with Gasteiger partial charge in [-0.3, -0.25) is 5.32 Å². The molecule has 2 N–H and O–H groups in total. The van der Waals surface area contributed by atoms with Crippen LogP contribution in [0, 0.1) is 0 Å². The number of nitrogens with one attached hydrogen (secondary N) is 2. The van der Waals surface area contributed by atoms with E-state index in [1.807, 2.05) is 0 Å². The van der Waals surface area contributed by atoms with Crippen molar-refractivity contribution in [2.75, 3.05) is 43.7 Å². The molecule has 11 heteroatoms. The van der Waals surface area contributed by atoms with Crippen LogP contribution in [0.4, 0.5) is 15.9 Å². The largest absolute Gasteiger partial charge is 0.497 e. The number of fused-ring (bicyclic) bond motifs is 5. The molecule has 2 fully saturated rings. The van der Waals surface area contributed by atoms with Gasteiger partial charge >= 0.3 is 6.03 Å². The van der Waals surface area contributed by atoms with E-state index in [4.69, 9.17) is 22.7 Å². The summed E-state index contributed by atoms with van der Waals surface area (Å²) >= 11 is 1.42. The Labute approximate surface area is 192 Å². The van der Waals surface area contributed by atoms with E-state index in [-0.39, 0.29) is 29.9 Å². The van der Waals surface area contributed by atoms with Gasteiger partial charge in [-0.1, -0.05) is 11.3 Å². The number of morpholine rings is 1. The van der Waals surface area contributed by atoms with Crippen LogP contribution < -0.4 is 20.3 Å². The van der Waals surface area contributed by atoms with Crippen LogP contribution in [-0.2, 0) is 15.9 Å². The van der Waals surface area contributed by atoms with Gasteiger partial charge in [-0.15, -0.1) is 0 Å². The molecule has 0 saturated carbocycles. The van der Waals surface area contributed by atoms with Gasteiger partial charge in [0.2, 0.25) is 0 Å². The van der Waals surface area contributed by atoms with Crippen LogP contribution in [0.5, 0.6) is 5.75 Å². The zero-order chi connectivity index (χ0) is 24.2. The molecule has 3 aliphatic rings. The van der Waals surface area contributed by atoms with Crippen LogP contribution in [0.25, 0.3) is 11.1 Å². The quantitative estimate of drug-likeness (QED) is 0.611. The fourth-order valence-electron chi connectivity index (χ4n) is 4.46. The Morgan fingerprint density at radius 2 is 2.28 bits per heavy atom. The van der Waals surface area contributed by atoms with Crippen molar-refractivity contribution >= 4 is 39.6 Å². The highest BCUT2D eigenvalue weighted by molar-refractivity contribution is 7.16. The van der Waals surface area contributed by atoms with Crippen molar-refractivity contribution in [1.82, 2.24) is 15.3 Å². The second-order valence-corrected chi connectivity index (χ2v) is 9.07. The lowest BCUT2D eigenvalue weighted by molar-refractivity contribution is 0.0579. The topological polar surface area (TPSA) is 111 Å². The average molecular weight is 461 g/mol. The van der Waals surface area contributed by atoms with Crippen molar-refractivity contribution in [3.63, 3.8) is 0 Å². The normalized spacial score (nSPS) is 26.2. The number of aromatic nitrogens is 2. The second-order valence-electron chi connectivity index (χ2n) is 8.04. The van der Waals surface area contributed by atoms with Crippen molar-refractivity contribution in [2.45, 2.75) is 31.0 Å². The molecule has 2 bridgehead atoms. The molecule has 2 amide bonds. The molecule has 2 saturated heterocycles. The summed E-state index contributed by atoms with van der Waals surface area (Å²) in [6.45, 7) is 2.10. The molecule has 0 radical (unpaired) electrons. The molecular weight excluding hydrogens is 434 g/mol. The minimum atomic E-state index is -2.54. The van der Waals surface area contributed by atoms with E-state index in [1.54, 1.807) is 18.2 Å². The van der Waals surface area contributed by atoms with Gasteiger partial charge in [-0.2, -0.15) is 4.98 Å². The van der Waals surface area contributed by atoms with E-state index in [0.29, 0.717) is 55.1 Å². The summed E-state index contributed by atoms with van der Waals surface area (Å²) in [5, 5.41) is 6.29. The maximum absolute atomic E-state index is 12.4. The van der Waals surface area contributed by atoms with Gasteiger partial charge in [0, 0.05) is 19.1 Å². The van der Waals surface area contributed by atoms with E-state index in [9.17, 15) is 4.79 Å². The summed E-state index contributed by atoms with van der Waals surface area (Å²) in [7, 11) is -2.54. The summed E-state index contributed by atoms with van der Waals surface area (Å²) in [4.78, 5) is 24.8. The molecule has 168 valence electrons. The van der Waals surface area contributed by atoms with Crippen LogP contribution in [0.1, 0.15) is 27.1 Å². The maximum atomic E-state index is 12.4. The van der Waals surface area contributed by atoms with Crippen LogP contribution in [0.2, 0.25) is 0 Å². The Morgan fingerprint density at radius 1 is 1.31 bits per heavy atom. The summed E-state index contributed by atoms with van der Waals surface area (Å²) in [6.07, 6.45) is 1.42. The van der Waals surface area contributed by atoms with E-state index < -0.39 is 7.04 Å². The molecule has 2 aromatic heterocycles. The number of urea groups is 1. The van der Waals surface area contributed by atoms with Gasteiger partial charge in [-0.25, -0.2) is 9.78 Å². The Morgan fingerprint density at radius 3 is 3.16 bits per heavy atom. The highest BCUT2D eigenvalue weighted by Crippen LogP contribution is 2.44. The van der Waals surface area contributed by atoms with Gasteiger partial charge in [0.1, 0.15) is 11.3 Å². The zero-order valence-corrected chi connectivity index (χ0v) is 17.8. The predicted molar refractivity (Wildman–Crippen MR) is 118 cm³/mol. The first kappa shape index (κ1) is 16.7. The first-order chi connectivity index (χ1) is 16.8. The van der Waals surface area contributed by atoms with Crippen LogP contribution >= 0.6 is 11.3 Å². The standard InChI is InChI=1S/C21H23N5O5S/c1-28-13-2-3-17-14(7-13)24-21(31-17)26-12-6-15-18(16(26)10-30-9-12)32-20(23-15)25-19(27)22-11-4-5-29-8-11/h2-3,7,11-12,16H,4-6,8-10H2,1H3,(H2,22,23,25,27)/t11-,12+,16+/m1/s1/i1D3. The van der Waals surface area contributed by atoms with Crippen molar-refractivity contribution in [1.29, 1.82) is 0 Å².